The van der Waals surface area contributed by atoms with E-state index in [1.165, 1.54) is 18.6 Å². The summed E-state index contributed by atoms with van der Waals surface area (Å²) >= 11 is 0. The predicted molar refractivity (Wildman–Crippen MR) is 105 cm³/mol. The highest BCUT2D eigenvalue weighted by atomic mass is 19.1. The summed E-state index contributed by atoms with van der Waals surface area (Å²) in [7, 11) is 0. The van der Waals surface area contributed by atoms with E-state index in [0.29, 0.717) is 12.2 Å². The van der Waals surface area contributed by atoms with Crippen molar-refractivity contribution in [2.24, 2.45) is 5.41 Å². The fourth-order valence-electron chi connectivity index (χ4n) is 4.29. The second-order valence-electron chi connectivity index (χ2n) is 7.87. The lowest BCUT2D eigenvalue weighted by molar-refractivity contribution is -0.118. The summed E-state index contributed by atoms with van der Waals surface area (Å²) in [6, 6.07) is 6.29. The molecule has 3 aliphatic rings. The van der Waals surface area contributed by atoms with Crippen LogP contribution >= 0.6 is 0 Å². The number of nitrogens with zero attached hydrogens (tertiary/aromatic N) is 1. The molecule has 2 aliphatic heterocycles. The third-order valence-corrected chi connectivity index (χ3v) is 5.99. The quantitative estimate of drug-likeness (QED) is 0.731. The molecule has 1 unspecified atom stereocenters. The fraction of sp³-hybridized carbons (Fsp3) is 0.409. The van der Waals surface area contributed by atoms with Crippen molar-refractivity contribution < 1.29 is 14.3 Å². The normalized spacial score (nSPS) is 22.8. The van der Waals surface area contributed by atoms with Gasteiger partial charge in [0.25, 0.3) is 5.91 Å². The Kier molecular flexibility index (Phi) is 5.22. The van der Waals surface area contributed by atoms with Gasteiger partial charge in [0.05, 0.1) is 12.3 Å². The Bertz CT molecular complexity index is 823. The van der Waals surface area contributed by atoms with Crippen molar-refractivity contribution >= 4 is 5.91 Å². The minimum absolute atomic E-state index is 0.0968. The van der Waals surface area contributed by atoms with Crippen molar-refractivity contribution in [3.63, 3.8) is 0 Å². The molecule has 1 fully saturated rings. The van der Waals surface area contributed by atoms with Gasteiger partial charge < -0.3 is 20.6 Å². The first kappa shape index (κ1) is 18.7. The second-order valence-corrected chi connectivity index (χ2v) is 7.87. The monoisotopic (exact) mass is 383 g/mol. The number of fused-ring (bicyclic) bond motifs is 1. The summed E-state index contributed by atoms with van der Waals surface area (Å²) in [4.78, 5) is 15.0. The van der Waals surface area contributed by atoms with Crippen LogP contribution in [0.5, 0.6) is 0 Å². The lowest BCUT2D eigenvalue weighted by atomic mass is 9.74. The zero-order chi connectivity index (χ0) is 19.6. The van der Waals surface area contributed by atoms with Gasteiger partial charge >= 0.3 is 0 Å². The Balaban J connectivity index is 1.51. The Morgan fingerprint density at radius 3 is 2.68 bits per heavy atom. The highest BCUT2D eigenvalue weighted by molar-refractivity contribution is 5.94. The molecule has 1 aromatic carbocycles. The van der Waals surface area contributed by atoms with E-state index in [1.54, 1.807) is 12.1 Å². The van der Waals surface area contributed by atoms with Crippen LogP contribution in [-0.2, 0) is 4.79 Å². The molecule has 1 atom stereocenters. The van der Waals surface area contributed by atoms with Crippen LogP contribution in [0.4, 0.5) is 4.39 Å². The first-order valence-electron chi connectivity index (χ1n) is 9.90. The highest BCUT2D eigenvalue weighted by Gasteiger charge is 2.36. The first-order chi connectivity index (χ1) is 13.6. The number of aliphatic hydroxyl groups excluding tert-OH is 1. The number of aliphatic hydroxyl groups is 1. The average molecular weight is 383 g/mol. The molecule has 1 amide bonds. The SMILES string of the molecule is O=C(NCC1(CO)CCCCC1)C1=C2C=CC=CN2C(c2ccc(F)cc2)N1. The van der Waals surface area contributed by atoms with Gasteiger partial charge in [0, 0.05) is 18.2 Å². The maximum atomic E-state index is 13.3. The number of halogens is 1. The number of allylic oxidation sites excluding steroid dienone is 3. The van der Waals surface area contributed by atoms with E-state index in [2.05, 4.69) is 10.6 Å². The average Bonchev–Trinajstić information content (AvgIpc) is 3.13. The molecule has 0 saturated heterocycles. The fourth-order valence-corrected chi connectivity index (χ4v) is 4.29. The van der Waals surface area contributed by atoms with Crippen molar-refractivity contribution in [2.75, 3.05) is 13.2 Å². The maximum absolute atomic E-state index is 13.3. The topological polar surface area (TPSA) is 64.6 Å². The minimum atomic E-state index is -0.288. The zero-order valence-corrected chi connectivity index (χ0v) is 15.8. The molecule has 0 bridgehead atoms. The Morgan fingerprint density at radius 2 is 1.96 bits per heavy atom. The molecule has 28 heavy (non-hydrogen) atoms. The number of carbonyl (C=O) groups is 1. The molecule has 0 radical (unpaired) electrons. The molecular weight excluding hydrogens is 357 g/mol. The van der Waals surface area contributed by atoms with Gasteiger partial charge in [0.15, 0.2) is 0 Å². The van der Waals surface area contributed by atoms with E-state index in [1.807, 2.05) is 29.3 Å². The Morgan fingerprint density at radius 1 is 1.21 bits per heavy atom. The number of amides is 1. The maximum Gasteiger partial charge on any atom is 0.269 e. The number of hydrogen-bond acceptors (Lipinski definition) is 4. The van der Waals surface area contributed by atoms with E-state index in [4.69, 9.17) is 0 Å². The molecule has 1 saturated carbocycles. The number of hydrogen-bond donors (Lipinski definition) is 3. The van der Waals surface area contributed by atoms with Crippen molar-refractivity contribution in [3.8, 4) is 0 Å². The summed E-state index contributed by atoms with van der Waals surface area (Å²) in [6.45, 7) is 0.571. The molecule has 6 heteroatoms. The van der Waals surface area contributed by atoms with Crippen LogP contribution in [0.1, 0.15) is 43.8 Å². The Labute approximate surface area is 164 Å². The van der Waals surface area contributed by atoms with Gasteiger partial charge in [-0.05, 0) is 42.7 Å². The highest BCUT2D eigenvalue weighted by Crippen LogP contribution is 2.36. The van der Waals surface area contributed by atoms with Crippen molar-refractivity contribution in [3.05, 3.63) is 71.5 Å². The number of rotatable bonds is 5. The van der Waals surface area contributed by atoms with E-state index in [-0.39, 0.29) is 29.9 Å². The molecule has 3 N–H and O–H groups in total. The third kappa shape index (κ3) is 3.56. The summed E-state index contributed by atoms with van der Waals surface area (Å²) in [5.41, 5.74) is 1.95. The van der Waals surface area contributed by atoms with Gasteiger partial charge in [0.2, 0.25) is 0 Å². The molecule has 2 heterocycles. The van der Waals surface area contributed by atoms with Gasteiger partial charge in [-0.1, -0.05) is 37.5 Å². The molecule has 0 spiro atoms. The lowest BCUT2D eigenvalue weighted by Gasteiger charge is -2.35. The van der Waals surface area contributed by atoms with Gasteiger partial charge in [-0.15, -0.1) is 0 Å². The molecule has 5 nitrogen and oxygen atoms in total. The summed E-state index contributed by atoms with van der Waals surface area (Å²) in [5.74, 6) is -0.466. The smallest absolute Gasteiger partial charge is 0.269 e. The third-order valence-electron chi connectivity index (χ3n) is 5.99. The van der Waals surface area contributed by atoms with Crippen molar-refractivity contribution in [2.45, 2.75) is 38.3 Å². The van der Waals surface area contributed by atoms with E-state index in [0.717, 1.165) is 36.9 Å². The molecule has 1 aliphatic carbocycles. The first-order valence-corrected chi connectivity index (χ1v) is 9.90. The molecule has 1 aromatic rings. The standard InChI is InChI=1S/C22H26FN3O2/c23-17-9-7-16(8-10-17)20-25-19(18-6-2-5-13-26(18)20)21(28)24-14-22(15-27)11-3-1-4-12-22/h2,5-10,13,20,25,27H,1,3-4,11-12,14-15H2,(H,24,28). The lowest BCUT2D eigenvalue weighted by Crippen LogP contribution is -2.43. The van der Waals surface area contributed by atoms with E-state index < -0.39 is 0 Å². The van der Waals surface area contributed by atoms with Crippen LogP contribution in [0.2, 0.25) is 0 Å². The second kappa shape index (κ2) is 7.80. The number of benzene rings is 1. The number of carbonyl (C=O) groups excluding carboxylic acids is 1. The summed E-state index contributed by atoms with van der Waals surface area (Å²) in [6.07, 6.45) is 12.6. The predicted octanol–water partition coefficient (Wildman–Crippen LogP) is 3.08. The van der Waals surface area contributed by atoms with Crippen LogP contribution in [0.3, 0.4) is 0 Å². The summed E-state index contributed by atoms with van der Waals surface area (Å²) in [5, 5.41) is 16.2. The van der Waals surface area contributed by atoms with Gasteiger partial charge in [-0.25, -0.2) is 4.39 Å². The summed E-state index contributed by atoms with van der Waals surface area (Å²) < 4.78 is 13.3. The molecule has 0 aromatic heterocycles. The van der Waals surface area contributed by atoms with Crippen LogP contribution in [-0.4, -0.2) is 29.1 Å². The number of nitrogens with one attached hydrogen (secondary N) is 2. The molecule has 4 rings (SSSR count). The van der Waals surface area contributed by atoms with Crippen LogP contribution in [0.15, 0.2) is 60.1 Å². The Hall–Kier alpha value is -2.60. The van der Waals surface area contributed by atoms with Crippen LogP contribution < -0.4 is 10.6 Å². The van der Waals surface area contributed by atoms with Crippen LogP contribution in [0, 0.1) is 11.2 Å². The van der Waals surface area contributed by atoms with Gasteiger partial charge in [0.1, 0.15) is 17.7 Å². The molecular formula is C22H26FN3O2. The van der Waals surface area contributed by atoms with Crippen molar-refractivity contribution in [1.82, 2.24) is 15.5 Å². The van der Waals surface area contributed by atoms with E-state index >= 15 is 0 Å². The van der Waals surface area contributed by atoms with E-state index in [9.17, 15) is 14.3 Å². The van der Waals surface area contributed by atoms with Gasteiger partial charge in [-0.3, -0.25) is 4.79 Å². The van der Waals surface area contributed by atoms with Crippen molar-refractivity contribution in [1.29, 1.82) is 0 Å². The largest absolute Gasteiger partial charge is 0.396 e. The molecule has 148 valence electrons. The zero-order valence-electron chi connectivity index (χ0n) is 15.8. The van der Waals surface area contributed by atoms with Crippen LogP contribution in [0.25, 0.3) is 0 Å². The van der Waals surface area contributed by atoms with Gasteiger partial charge in [-0.2, -0.15) is 0 Å². The minimum Gasteiger partial charge on any atom is -0.396 e.